The van der Waals surface area contributed by atoms with Gasteiger partial charge in [0.2, 0.25) is 0 Å². The maximum absolute atomic E-state index is 4.25. The first kappa shape index (κ1) is 9.36. The molecule has 2 aromatic heterocycles. The second-order valence-electron chi connectivity index (χ2n) is 3.12. The molecular weight excluding hydrogens is 196 g/mol. The molecule has 0 aliphatic heterocycles. The normalized spacial score (nSPS) is 12.9. The van der Waals surface area contributed by atoms with Gasteiger partial charge >= 0.3 is 0 Å². The first-order valence-corrected chi connectivity index (χ1v) is 5.39. The van der Waals surface area contributed by atoms with Crippen LogP contribution in [0.1, 0.15) is 24.2 Å². The lowest BCUT2D eigenvalue weighted by Gasteiger charge is -2.09. The summed E-state index contributed by atoms with van der Waals surface area (Å²) in [7, 11) is 0. The van der Waals surface area contributed by atoms with E-state index in [0.29, 0.717) is 0 Å². The fraction of sp³-hybridized carbons (Fsp3) is 0.333. The van der Waals surface area contributed by atoms with Gasteiger partial charge in [0, 0.05) is 29.7 Å². The molecule has 0 amide bonds. The van der Waals surface area contributed by atoms with E-state index in [1.807, 2.05) is 17.9 Å². The average molecular weight is 208 g/mol. The van der Waals surface area contributed by atoms with Gasteiger partial charge in [-0.25, -0.2) is 4.98 Å². The van der Waals surface area contributed by atoms with Gasteiger partial charge in [-0.15, -0.1) is 11.3 Å². The van der Waals surface area contributed by atoms with E-state index in [0.717, 1.165) is 17.8 Å². The second kappa shape index (κ2) is 4.34. The van der Waals surface area contributed by atoms with Gasteiger partial charge in [0.25, 0.3) is 0 Å². The third-order valence-electron chi connectivity index (χ3n) is 2.06. The SMILES string of the molecule is CC(NCc1cn[nH]c1)c1cscn1. The van der Waals surface area contributed by atoms with Crippen molar-refractivity contribution in [2.24, 2.45) is 0 Å². The summed E-state index contributed by atoms with van der Waals surface area (Å²) in [5.74, 6) is 0. The Hall–Kier alpha value is -1.20. The Kier molecular flexibility index (Phi) is 2.90. The van der Waals surface area contributed by atoms with E-state index in [1.165, 1.54) is 0 Å². The minimum absolute atomic E-state index is 0.288. The standard InChI is InChI=1S/C9H12N4S/c1-7(9-5-14-6-11-9)10-2-8-3-12-13-4-8/h3-7,10H,2H2,1H3,(H,12,13). The Morgan fingerprint density at radius 1 is 1.64 bits per heavy atom. The fourth-order valence-electron chi connectivity index (χ4n) is 1.19. The molecule has 2 N–H and O–H groups in total. The molecule has 0 aliphatic rings. The Labute approximate surface area is 86.4 Å². The van der Waals surface area contributed by atoms with Gasteiger partial charge in [0.05, 0.1) is 17.4 Å². The van der Waals surface area contributed by atoms with Crippen LogP contribution >= 0.6 is 11.3 Å². The number of hydrogen-bond donors (Lipinski definition) is 2. The highest BCUT2D eigenvalue weighted by atomic mass is 32.1. The maximum Gasteiger partial charge on any atom is 0.0795 e. The van der Waals surface area contributed by atoms with Crippen molar-refractivity contribution in [2.45, 2.75) is 19.5 Å². The summed E-state index contributed by atoms with van der Waals surface area (Å²) in [4.78, 5) is 4.25. The molecule has 5 heteroatoms. The molecule has 0 aliphatic carbocycles. The summed E-state index contributed by atoms with van der Waals surface area (Å²) in [5.41, 5.74) is 4.11. The molecule has 14 heavy (non-hydrogen) atoms. The van der Waals surface area contributed by atoms with Gasteiger partial charge in [-0.05, 0) is 6.92 Å². The quantitative estimate of drug-likeness (QED) is 0.804. The highest BCUT2D eigenvalue weighted by molar-refractivity contribution is 7.07. The smallest absolute Gasteiger partial charge is 0.0795 e. The topological polar surface area (TPSA) is 53.6 Å². The number of aromatic amines is 1. The first-order chi connectivity index (χ1) is 6.86. The zero-order valence-corrected chi connectivity index (χ0v) is 8.71. The molecule has 0 fully saturated rings. The summed E-state index contributed by atoms with van der Waals surface area (Å²) in [6.07, 6.45) is 3.71. The monoisotopic (exact) mass is 208 g/mol. The number of H-pyrrole nitrogens is 1. The fourth-order valence-corrected chi connectivity index (χ4v) is 1.83. The van der Waals surface area contributed by atoms with Gasteiger partial charge in [-0.2, -0.15) is 5.10 Å². The van der Waals surface area contributed by atoms with Crippen molar-refractivity contribution in [2.75, 3.05) is 0 Å². The second-order valence-corrected chi connectivity index (χ2v) is 3.84. The van der Waals surface area contributed by atoms with Crippen LogP contribution in [0.2, 0.25) is 0 Å². The number of nitrogens with one attached hydrogen (secondary N) is 2. The molecule has 2 heterocycles. The summed E-state index contributed by atoms with van der Waals surface area (Å²) in [6.45, 7) is 2.92. The summed E-state index contributed by atoms with van der Waals surface area (Å²) >= 11 is 1.62. The Morgan fingerprint density at radius 3 is 3.21 bits per heavy atom. The van der Waals surface area contributed by atoms with Crippen molar-refractivity contribution < 1.29 is 0 Å². The Bertz CT molecular complexity index is 354. The van der Waals surface area contributed by atoms with Gasteiger partial charge in [0.15, 0.2) is 0 Å². The largest absolute Gasteiger partial charge is 0.305 e. The van der Waals surface area contributed by atoms with Gasteiger partial charge in [0.1, 0.15) is 0 Å². The van der Waals surface area contributed by atoms with Crippen molar-refractivity contribution in [1.29, 1.82) is 0 Å². The van der Waals surface area contributed by atoms with Crippen LogP contribution in [0.3, 0.4) is 0 Å². The highest BCUT2D eigenvalue weighted by Crippen LogP contribution is 2.12. The van der Waals surface area contributed by atoms with Gasteiger partial charge in [-0.1, -0.05) is 0 Å². The van der Waals surface area contributed by atoms with Gasteiger partial charge < -0.3 is 5.32 Å². The van der Waals surface area contributed by atoms with Crippen LogP contribution in [0.5, 0.6) is 0 Å². The molecular formula is C9H12N4S. The van der Waals surface area contributed by atoms with Crippen molar-refractivity contribution in [3.63, 3.8) is 0 Å². The number of rotatable bonds is 4. The highest BCUT2D eigenvalue weighted by Gasteiger charge is 2.06. The third-order valence-corrected chi connectivity index (χ3v) is 2.67. The van der Waals surface area contributed by atoms with E-state index in [1.54, 1.807) is 11.3 Å². The summed E-state index contributed by atoms with van der Waals surface area (Å²) in [5, 5.41) is 12.1. The van der Waals surface area contributed by atoms with Crippen LogP contribution in [-0.2, 0) is 6.54 Å². The Morgan fingerprint density at radius 2 is 2.57 bits per heavy atom. The van der Waals surface area contributed by atoms with Crippen molar-refractivity contribution >= 4 is 11.3 Å². The van der Waals surface area contributed by atoms with E-state index in [2.05, 4.69) is 32.8 Å². The first-order valence-electron chi connectivity index (χ1n) is 4.45. The minimum atomic E-state index is 0.288. The molecule has 0 radical (unpaired) electrons. The van der Waals surface area contributed by atoms with E-state index in [4.69, 9.17) is 0 Å². The number of thiazole rings is 1. The number of nitrogens with zero attached hydrogens (tertiary/aromatic N) is 2. The lowest BCUT2D eigenvalue weighted by molar-refractivity contribution is 0.564. The Balaban J connectivity index is 1.87. The van der Waals surface area contributed by atoms with Crippen LogP contribution < -0.4 is 5.32 Å². The molecule has 0 saturated carbocycles. The van der Waals surface area contributed by atoms with E-state index >= 15 is 0 Å². The van der Waals surface area contributed by atoms with Crippen LogP contribution in [0.4, 0.5) is 0 Å². The van der Waals surface area contributed by atoms with Crippen molar-refractivity contribution in [3.8, 4) is 0 Å². The molecule has 0 saturated heterocycles. The lowest BCUT2D eigenvalue weighted by atomic mass is 10.2. The van der Waals surface area contributed by atoms with Crippen molar-refractivity contribution in [3.05, 3.63) is 34.5 Å². The lowest BCUT2D eigenvalue weighted by Crippen LogP contribution is -2.17. The molecule has 1 unspecified atom stereocenters. The van der Waals surface area contributed by atoms with E-state index in [9.17, 15) is 0 Å². The molecule has 74 valence electrons. The molecule has 0 aromatic carbocycles. The van der Waals surface area contributed by atoms with Crippen LogP contribution in [-0.4, -0.2) is 15.2 Å². The van der Waals surface area contributed by atoms with Gasteiger partial charge in [-0.3, -0.25) is 5.10 Å². The molecule has 1 atom stereocenters. The number of aromatic nitrogens is 3. The molecule has 2 rings (SSSR count). The van der Waals surface area contributed by atoms with E-state index < -0.39 is 0 Å². The summed E-state index contributed by atoms with van der Waals surface area (Å²) < 4.78 is 0. The van der Waals surface area contributed by atoms with E-state index in [-0.39, 0.29) is 6.04 Å². The molecule has 2 aromatic rings. The average Bonchev–Trinajstić information content (AvgIpc) is 2.87. The predicted octanol–water partition coefficient (Wildman–Crippen LogP) is 1.72. The third kappa shape index (κ3) is 2.18. The number of hydrogen-bond acceptors (Lipinski definition) is 4. The maximum atomic E-state index is 4.25. The molecule has 4 nitrogen and oxygen atoms in total. The molecule has 0 bridgehead atoms. The van der Waals surface area contributed by atoms with Crippen LogP contribution in [0.25, 0.3) is 0 Å². The zero-order chi connectivity index (χ0) is 9.80. The van der Waals surface area contributed by atoms with Crippen LogP contribution in [0.15, 0.2) is 23.3 Å². The molecule has 0 spiro atoms. The minimum Gasteiger partial charge on any atom is -0.305 e. The van der Waals surface area contributed by atoms with Crippen molar-refractivity contribution in [1.82, 2.24) is 20.5 Å². The zero-order valence-electron chi connectivity index (χ0n) is 7.90. The predicted molar refractivity (Wildman–Crippen MR) is 56.0 cm³/mol. The summed E-state index contributed by atoms with van der Waals surface area (Å²) in [6, 6.07) is 0.288. The van der Waals surface area contributed by atoms with Crippen LogP contribution in [0, 0.1) is 0 Å².